The Morgan fingerprint density at radius 2 is 1.73 bits per heavy atom. The largest absolute Gasteiger partial charge is 0.303 e. The van der Waals surface area contributed by atoms with Crippen molar-refractivity contribution in [3.63, 3.8) is 0 Å². The molecule has 0 saturated heterocycles. The van der Waals surface area contributed by atoms with Gasteiger partial charge in [-0.3, -0.25) is 0 Å². The fourth-order valence-corrected chi connectivity index (χ4v) is 4.56. The zero-order chi connectivity index (χ0) is 15.4. The minimum Gasteiger partial charge on any atom is -0.303 e. The molecule has 0 spiro atoms. The van der Waals surface area contributed by atoms with E-state index in [1.165, 1.54) is 35.3 Å². The molecule has 0 aromatic heterocycles. The Morgan fingerprint density at radius 3 is 2.50 bits per heavy atom. The van der Waals surface area contributed by atoms with Crippen LogP contribution >= 0.6 is 11.8 Å². The van der Waals surface area contributed by atoms with Gasteiger partial charge in [0.15, 0.2) is 0 Å². The lowest BCUT2D eigenvalue weighted by Crippen LogP contribution is -2.36. The van der Waals surface area contributed by atoms with Crippen LogP contribution in [0.25, 0.3) is 0 Å². The molecule has 1 nitrogen and oxygen atoms in total. The molecule has 1 N–H and O–H groups in total. The Balaban J connectivity index is 1.95. The highest BCUT2D eigenvalue weighted by atomic mass is 32.2. The smallest absolute Gasteiger partial charge is 0.0590 e. The van der Waals surface area contributed by atoms with Crippen molar-refractivity contribution in [2.75, 3.05) is 0 Å². The zero-order valence-corrected chi connectivity index (χ0v) is 14.3. The van der Waals surface area contributed by atoms with E-state index in [0.717, 1.165) is 0 Å². The lowest BCUT2D eigenvalue weighted by molar-refractivity contribution is 0.468. The molecular weight excluding hydrogens is 286 g/mol. The van der Waals surface area contributed by atoms with Gasteiger partial charge in [0, 0.05) is 16.2 Å². The van der Waals surface area contributed by atoms with Crippen LogP contribution < -0.4 is 5.32 Å². The van der Waals surface area contributed by atoms with Crippen LogP contribution in [0.2, 0.25) is 0 Å². The molecule has 1 aliphatic rings. The standard InChI is InChI=1S/C20H25NS/c1-3-4-13-18-15(2)21-20(16-10-6-5-7-11-16)17-12-8-9-14-19(17)22-18/h5-12,14-15,18,20-21H,3-4,13H2,1-2H3. The van der Waals surface area contributed by atoms with Crippen molar-refractivity contribution in [1.82, 2.24) is 5.32 Å². The number of hydrogen-bond donors (Lipinski definition) is 1. The average molecular weight is 311 g/mol. The molecular formula is C20H25NS. The SMILES string of the molecule is CCCCC1Sc2ccccc2C(c2ccccc2)NC1C. The van der Waals surface area contributed by atoms with Crippen LogP contribution in [0, 0.1) is 0 Å². The molecule has 2 heteroatoms. The van der Waals surface area contributed by atoms with Gasteiger partial charge in [0.1, 0.15) is 0 Å². The van der Waals surface area contributed by atoms with E-state index in [9.17, 15) is 0 Å². The van der Waals surface area contributed by atoms with E-state index >= 15 is 0 Å². The topological polar surface area (TPSA) is 12.0 Å². The zero-order valence-electron chi connectivity index (χ0n) is 13.5. The lowest BCUT2D eigenvalue weighted by atomic mass is 9.97. The van der Waals surface area contributed by atoms with E-state index in [1.54, 1.807) is 0 Å². The highest BCUT2D eigenvalue weighted by Gasteiger charge is 2.29. The second-order valence-corrected chi connectivity index (χ2v) is 7.42. The lowest BCUT2D eigenvalue weighted by Gasteiger charge is -2.25. The summed E-state index contributed by atoms with van der Waals surface area (Å²) >= 11 is 2.06. The van der Waals surface area contributed by atoms with Gasteiger partial charge in [-0.15, -0.1) is 11.8 Å². The summed E-state index contributed by atoms with van der Waals surface area (Å²) in [4.78, 5) is 1.44. The molecule has 2 aromatic rings. The van der Waals surface area contributed by atoms with Crippen LogP contribution in [0.4, 0.5) is 0 Å². The molecule has 1 heterocycles. The van der Waals surface area contributed by atoms with Gasteiger partial charge in [-0.05, 0) is 30.5 Å². The third kappa shape index (κ3) is 3.39. The van der Waals surface area contributed by atoms with Crippen LogP contribution in [0.5, 0.6) is 0 Å². The van der Waals surface area contributed by atoms with Crippen molar-refractivity contribution < 1.29 is 0 Å². The van der Waals surface area contributed by atoms with Crippen LogP contribution in [0.3, 0.4) is 0 Å². The summed E-state index contributed by atoms with van der Waals surface area (Å²) in [6.07, 6.45) is 3.86. The first-order valence-corrected chi connectivity index (χ1v) is 9.24. The number of benzene rings is 2. The van der Waals surface area contributed by atoms with Crippen LogP contribution in [-0.4, -0.2) is 11.3 Å². The summed E-state index contributed by atoms with van der Waals surface area (Å²) in [6, 6.07) is 20.5. The molecule has 0 saturated carbocycles. The highest BCUT2D eigenvalue weighted by molar-refractivity contribution is 8.00. The second kappa shape index (κ2) is 7.34. The van der Waals surface area contributed by atoms with Crippen molar-refractivity contribution >= 4 is 11.8 Å². The first-order chi connectivity index (χ1) is 10.8. The molecule has 3 rings (SSSR count). The van der Waals surface area contributed by atoms with Gasteiger partial charge in [-0.25, -0.2) is 0 Å². The monoisotopic (exact) mass is 311 g/mol. The molecule has 0 radical (unpaired) electrons. The van der Waals surface area contributed by atoms with Gasteiger partial charge in [0.25, 0.3) is 0 Å². The Labute approximate surface area is 138 Å². The third-order valence-electron chi connectivity index (χ3n) is 4.47. The van der Waals surface area contributed by atoms with Crippen molar-refractivity contribution in [1.29, 1.82) is 0 Å². The van der Waals surface area contributed by atoms with Gasteiger partial charge >= 0.3 is 0 Å². The first-order valence-electron chi connectivity index (χ1n) is 8.36. The molecule has 0 bridgehead atoms. The molecule has 22 heavy (non-hydrogen) atoms. The van der Waals surface area contributed by atoms with Gasteiger partial charge in [-0.2, -0.15) is 0 Å². The molecule has 3 unspecified atom stereocenters. The minimum atomic E-state index is 0.298. The Hall–Kier alpha value is -1.25. The summed E-state index contributed by atoms with van der Waals surface area (Å²) in [5.41, 5.74) is 2.78. The number of unbranched alkanes of at least 4 members (excludes halogenated alkanes) is 1. The van der Waals surface area contributed by atoms with Crippen LogP contribution in [-0.2, 0) is 0 Å². The van der Waals surface area contributed by atoms with E-state index < -0.39 is 0 Å². The summed E-state index contributed by atoms with van der Waals surface area (Å²) < 4.78 is 0. The number of fused-ring (bicyclic) bond motifs is 1. The number of nitrogens with one attached hydrogen (secondary N) is 1. The average Bonchev–Trinajstić information content (AvgIpc) is 2.71. The molecule has 0 fully saturated rings. The van der Waals surface area contributed by atoms with E-state index in [0.29, 0.717) is 17.3 Å². The molecule has 3 atom stereocenters. The summed E-state index contributed by atoms with van der Waals surface area (Å²) in [5.74, 6) is 0. The van der Waals surface area contributed by atoms with E-state index in [-0.39, 0.29) is 0 Å². The van der Waals surface area contributed by atoms with Gasteiger partial charge < -0.3 is 5.32 Å². The Kier molecular flexibility index (Phi) is 5.22. The van der Waals surface area contributed by atoms with Crippen molar-refractivity contribution in [2.24, 2.45) is 0 Å². The fourth-order valence-electron chi connectivity index (χ4n) is 3.19. The Morgan fingerprint density at radius 1 is 1.00 bits per heavy atom. The summed E-state index contributed by atoms with van der Waals surface area (Å²) in [7, 11) is 0. The van der Waals surface area contributed by atoms with E-state index in [1.807, 2.05) is 0 Å². The second-order valence-electron chi connectivity index (χ2n) is 6.14. The van der Waals surface area contributed by atoms with Crippen molar-refractivity contribution in [3.8, 4) is 0 Å². The number of thioether (sulfide) groups is 1. The third-order valence-corrected chi connectivity index (χ3v) is 6.04. The summed E-state index contributed by atoms with van der Waals surface area (Å²) in [6.45, 7) is 4.62. The van der Waals surface area contributed by atoms with E-state index in [2.05, 4.69) is 85.5 Å². The summed E-state index contributed by atoms with van der Waals surface area (Å²) in [5, 5.41) is 4.54. The molecule has 116 valence electrons. The Bertz CT molecular complexity index is 596. The maximum Gasteiger partial charge on any atom is 0.0590 e. The van der Waals surface area contributed by atoms with Crippen LogP contribution in [0.15, 0.2) is 59.5 Å². The molecule has 0 amide bonds. The fraction of sp³-hybridized carbons (Fsp3) is 0.400. The van der Waals surface area contributed by atoms with Crippen molar-refractivity contribution in [2.45, 2.75) is 55.3 Å². The maximum atomic E-state index is 3.89. The number of hydrogen-bond acceptors (Lipinski definition) is 2. The van der Waals surface area contributed by atoms with Crippen LogP contribution in [0.1, 0.15) is 50.3 Å². The quantitative estimate of drug-likeness (QED) is 0.809. The van der Waals surface area contributed by atoms with Gasteiger partial charge in [0.2, 0.25) is 0 Å². The van der Waals surface area contributed by atoms with Crippen molar-refractivity contribution in [3.05, 3.63) is 65.7 Å². The van der Waals surface area contributed by atoms with Gasteiger partial charge in [-0.1, -0.05) is 68.3 Å². The minimum absolute atomic E-state index is 0.298. The normalized spacial score (nSPS) is 24.5. The first kappa shape index (κ1) is 15.6. The highest BCUT2D eigenvalue weighted by Crippen LogP contribution is 2.39. The van der Waals surface area contributed by atoms with E-state index in [4.69, 9.17) is 0 Å². The molecule has 0 aliphatic carbocycles. The molecule has 1 aliphatic heterocycles. The predicted molar refractivity (Wildman–Crippen MR) is 96.5 cm³/mol. The molecule has 2 aromatic carbocycles. The van der Waals surface area contributed by atoms with Gasteiger partial charge in [0.05, 0.1) is 6.04 Å². The number of rotatable bonds is 4. The predicted octanol–water partition coefficient (Wildman–Crippen LogP) is 5.42. The maximum absolute atomic E-state index is 3.89.